The Labute approximate surface area is 341 Å². The number of hydrogen-bond acceptors (Lipinski definition) is 10. The van der Waals surface area contributed by atoms with Crippen LogP contribution in [0.2, 0.25) is 0 Å². The van der Waals surface area contributed by atoms with Crippen LogP contribution in [-0.2, 0) is 19.3 Å². The number of nitrogens with zero attached hydrogens (tertiary/aromatic N) is 7. The predicted octanol–water partition coefficient (Wildman–Crippen LogP) is 8.56. The summed E-state index contributed by atoms with van der Waals surface area (Å²) < 4.78 is 24.2. The van der Waals surface area contributed by atoms with Gasteiger partial charge in [0.15, 0.2) is 17.0 Å². The van der Waals surface area contributed by atoms with E-state index in [0.717, 1.165) is 16.7 Å². The summed E-state index contributed by atoms with van der Waals surface area (Å²) in [5.41, 5.74) is 4.02. The number of amides is 1. The quantitative estimate of drug-likeness (QED) is 0.0578. The van der Waals surface area contributed by atoms with E-state index in [1.807, 2.05) is 41.0 Å². The Kier molecular flexibility index (Phi) is 13.3. The minimum absolute atomic E-state index is 0.139. The summed E-state index contributed by atoms with van der Waals surface area (Å²) in [5.74, 6) is 0.0103. The molecule has 1 unspecified atom stereocenters. The van der Waals surface area contributed by atoms with Crippen LogP contribution < -0.4 is 5.32 Å². The van der Waals surface area contributed by atoms with Crippen molar-refractivity contribution in [3.8, 4) is 6.07 Å². The maximum Gasteiger partial charge on any atom is 0.259 e. The zero-order valence-electron chi connectivity index (χ0n) is 33.3. The Morgan fingerprint density at radius 3 is 1.97 bits per heavy atom. The van der Waals surface area contributed by atoms with Crippen molar-refractivity contribution in [1.29, 1.82) is 5.26 Å². The summed E-state index contributed by atoms with van der Waals surface area (Å²) in [7, 11) is -1.53. The highest BCUT2D eigenvalue weighted by atomic mass is 31.2. The van der Waals surface area contributed by atoms with Gasteiger partial charge in [0.1, 0.15) is 12.6 Å². The second-order valence-electron chi connectivity index (χ2n) is 14.6. The first kappa shape index (κ1) is 40.8. The number of morpholine rings is 1. The van der Waals surface area contributed by atoms with Crippen molar-refractivity contribution >= 4 is 31.4 Å². The van der Waals surface area contributed by atoms with Crippen molar-refractivity contribution in [2.24, 2.45) is 0 Å². The summed E-state index contributed by atoms with van der Waals surface area (Å²) in [6.45, 7) is 9.91. The summed E-state index contributed by atoms with van der Waals surface area (Å²) in [4.78, 5) is 29.5. The van der Waals surface area contributed by atoms with Gasteiger partial charge in [-0.25, -0.2) is 19.6 Å². The van der Waals surface area contributed by atoms with Crippen LogP contribution in [0.15, 0.2) is 134 Å². The smallest absolute Gasteiger partial charge is 0.259 e. The van der Waals surface area contributed by atoms with Crippen molar-refractivity contribution in [2.45, 2.75) is 64.1 Å². The summed E-state index contributed by atoms with van der Waals surface area (Å²) >= 11 is 0. The van der Waals surface area contributed by atoms with Crippen LogP contribution in [0.25, 0.3) is 11.2 Å². The lowest BCUT2D eigenvalue weighted by Crippen LogP contribution is -2.57. The van der Waals surface area contributed by atoms with Crippen molar-refractivity contribution in [2.75, 3.05) is 31.6 Å². The fraction of sp³-hybridized carbons (Fsp3) is 0.311. The molecule has 12 nitrogen and oxygen atoms in total. The molecule has 58 heavy (non-hydrogen) atoms. The third-order valence-corrected chi connectivity index (χ3v) is 12.2. The lowest BCUT2D eigenvalue weighted by atomic mass is 9.75. The molecule has 1 fully saturated rings. The molecule has 0 bridgehead atoms. The van der Waals surface area contributed by atoms with Crippen LogP contribution in [0.1, 0.15) is 67.4 Å². The van der Waals surface area contributed by atoms with Gasteiger partial charge >= 0.3 is 0 Å². The highest BCUT2D eigenvalue weighted by Crippen LogP contribution is 2.48. The number of nitrogens with one attached hydrogen (secondary N) is 1. The normalized spacial score (nSPS) is 16.8. The number of anilines is 1. The maximum atomic E-state index is 13.2. The molecule has 0 radical (unpaired) electrons. The number of carbonyl (C=O) groups excluding carboxylic acids is 1. The number of ether oxygens (including phenoxy) is 1. The van der Waals surface area contributed by atoms with Gasteiger partial charge in [-0.3, -0.25) is 14.3 Å². The van der Waals surface area contributed by atoms with E-state index in [2.05, 4.69) is 131 Å². The van der Waals surface area contributed by atoms with Gasteiger partial charge in [0.05, 0.1) is 43.7 Å². The van der Waals surface area contributed by atoms with Gasteiger partial charge in [-0.15, -0.1) is 0 Å². The minimum atomic E-state index is -1.53. The highest BCUT2D eigenvalue weighted by Gasteiger charge is 2.47. The average Bonchev–Trinajstić information content (AvgIpc) is 3.70. The summed E-state index contributed by atoms with van der Waals surface area (Å²) in [5, 5.41) is 12.3. The Balaban J connectivity index is 1.32. The molecule has 1 amide bonds. The van der Waals surface area contributed by atoms with Crippen molar-refractivity contribution in [3.63, 3.8) is 0 Å². The molecule has 1 N–H and O–H groups in total. The van der Waals surface area contributed by atoms with Gasteiger partial charge in [0.2, 0.25) is 0 Å². The molecule has 298 valence electrons. The Morgan fingerprint density at radius 1 is 0.845 bits per heavy atom. The standard InChI is InChI=1S/C45H49N8O4P/c1-33(2)53(34(3)4)58(55-27-17-26-46)56-30-39-28-51(45(36-20-11-6-12-21-36,37-22-13-7-14-23-37)38-24-15-8-16-25-38)29-40(57-39)52-32-49-41-42(47-31-48-43(41)52)50-44(54)35-18-9-5-10-19-35/h5-16,18-25,31-34,39-40H,17,27-30H2,1-4H3,(H,47,48,50,54)/t39-,40+,58?/m0/s1. The number of benzene rings is 4. The van der Waals surface area contributed by atoms with Gasteiger partial charge in [-0.2, -0.15) is 5.26 Å². The number of imidazole rings is 1. The van der Waals surface area contributed by atoms with Crippen LogP contribution >= 0.6 is 8.53 Å². The molecule has 1 saturated heterocycles. The third kappa shape index (κ3) is 8.71. The van der Waals surface area contributed by atoms with Crippen LogP contribution in [0.5, 0.6) is 0 Å². The highest BCUT2D eigenvalue weighted by molar-refractivity contribution is 7.44. The van der Waals surface area contributed by atoms with Gasteiger partial charge in [-0.1, -0.05) is 109 Å². The molecular formula is C45H49N8O4P. The van der Waals surface area contributed by atoms with E-state index in [0.29, 0.717) is 35.6 Å². The van der Waals surface area contributed by atoms with E-state index in [4.69, 9.17) is 18.8 Å². The first-order chi connectivity index (χ1) is 28.3. The number of fused-ring (bicyclic) bond motifs is 1. The molecular weight excluding hydrogens is 748 g/mol. The second kappa shape index (κ2) is 18.9. The SMILES string of the molecule is CC(C)N(C(C)C)P(OCCC#N)OC[C@@H]1CN(C(c2ccccc2)(c2ccccc2)c2ccccc2)C[C@H](n2cnc3c(NC(=O)c4ccccc4)ncnc32)O1. The number of aromatic nitrogens is 4. The molecule has 0 spiro atoms. The van der Waals surface area contributed by atoms with Gasteiger partial charge < -0.3 is 19.1 Å². The van der Waals surface area contributed by atoms with Crippen molar-refractivity contribution < 1.29 is 18.6 Å². The van der Waals surface area contributed by atoms with E-state index in [1.54, 1.807) is 18.5 Å². The molecule has 7 rings (SSSR count). The molecule has 0 saturated carbocycles. The fourth-order valence-corrected chi connectivity index (χ4v) is 9.44. The van der Waals surface area contributed by atoms with Gasteiger partial charge in [-0.05, 0) is 56.5 Å². The molecule has 2 aromatic heterocycles. The molecule has 1 aliphatic rings. The Hall–Kier alpha value is -5.38. The largest absolute Gasteiger partial charge is 0.350 e. The lowest BCUT2D eigenvalue weighted by molar-refractivity contribution is -0.146. The van der Waals surface area contributed by atoms with Crippen LogP contribution in [0, 0.1) is 11.3 Å². The van der Waals surface area contributed by atoms with Crippen LogP contribution in [0.3, 0.4) is 0 Å². The van der Waals surface area contributed by atoms with Gasteiger partial charge in [0.25, 0.3) is 14.4 Å². The molecule has 13 heteroatoms. The Bertz CT molecular complexity index is 2170. The number of rotatable bonds is 16. The average molecular weight is 797 g/mol. The number of carbonyl (C=O) groups is 1. The molecule has 3 atom stereocenters. The van der Waals surface area contributed by atoms with E-state index >= 15 is 0 Å². The minimum Gasteiger partial charge on any atom is -0.350 e. The number of hydrogen-bond donors (Lipinski definition) is 1. The molecule has 1 aliphatic heterocycles. The molecule has 0 aliphatic carbocycles. The van der Waals surface area contributed by atoms with E-state index in [9.17, 15) is 10.1 Å². The zero-order valence-corrected chi connectivity index (χ0v) is 34.2. The summed E-state index contributed by atoms with van der Waals surface area (Å²) in [6.07, 6.45) is 2.36. The zero-order chi connectivity index (χ0) is 40.5. The van der Waals surface area contributed by atoms with E-state index in [-0.39, 0.29) is 37.6 Å². The van der Waals surface area contributed by atoms with Crippen LogP contribution in [-0.4, -0.2) is 79.5 Å². The van der Waals surface area contributed by atoms with Crippen molar-refractivity contribution in [1.82, 2.24) is 29.1 Å². The van der Waals surface area contributed by atoms with Gasteiger partial charge in [0, 0.05) is 30.7 Å². The first-order valence-corrected chi connectivity index (χ1v) is 20.8. The second-order valence-corrected chi connectivity index (χ2v) is 16.1. The monoisotopic (exact) mass is 796 g/mol. The predicted molar refractivity (Wildman–Crippen MR) is 226 cm³/mol. The van der Waals surface area contributed by atoms with Crippen molar-refractivity contribution in [3.05, 3.63) is 156 Å². The molecule has 3 heterocycles. The van der Waals surface area contributed by atoms with E-state index < -0.39 is 26.4 Å². The Morgan fingerprint density at radius 2 is 1.41 bits per heavy atom. The fourth-order valence-electron chi connectivity index (χ4n) is 7.81. The lowest BCUT2D eigenvalue weighted by Gasteiger charge is -2.50. The topological polar surface area (TPSA) is 131 Å². The molecule has 6 aromatic rings. The molecule has 4 aromatic carbocycles. The maximum absolute atomic E-state index is 13.2. The van der Waals surface area contributed by atoms with Crippen LogP contribution in [0.4, 0.5) is 5.82 Å². The summed E-state index contributed by atoms with van der Waals surface area (Å²) in [6, 6.07) is 43.2. The third-order valence-electron chi connectivity index (χ3n) is 10.2. The van der Waals surface area contributed by atoms with E-state index in [1.165, 1.54) is 6.33 Å². The number of nitriles is 1. The first-order valence-electron chi connectivity index (χ1n) is 19.6.